The van der Waals surface area contributed by atoms with Gasteiger partial charge in [0, 0.05) is 12.6 Å². The molecule has 0 amide bonds. The molecule has 0 aromatic carbocycles. The number of carbonyl (C=O) groups excluding carboxylic acids is 1. The van der Waals surface area contributed by atoms with E-state index in [9.17, 15) is 13.2 Å². The average molecular weight is 325 g/mol. The molecule has 1 aromatic heterocycles. The van der Waals surface area contributed by atoms with E-state index in [1.165, 1.54) is 19.2 Å². The first kappa shape index (κ1) is 17.0. The number of carbonyl (C=O) groups is 1. The van der Waals surface area contributed by atoms with Gasteiger partial charge in [-0.1, -0.05) is 0 Å². The van der Waals surface area contributed by atoms with Crippen molar-refractivity contribution in [3.63, 3.8) is 0 Å². The highest BCUT2D eigenvalue weighted by atomic mass is 35.5. The van der Waals surface area contributed by atoms with Crippen molar-refractivity contribution in [3.05, 3.63) is 17.9 Å². The third-order valence-electron chi connectivity index (χ3n) is 2.85. The number of methoxy groups -OCH3 is 1. The van der Waals surface area contributed by atoms with E-state index in [2.05, 4.69) is 14.8 Å². The van der Waals surface area contributed by atoms with Crippen molar-refractivity contribution < 1.29 is 22.4 Å². The summed E-state index contributed by atoms with van der Waals surface area (Å²) in [6.45, 7) is 1.48. The van der Waals surface area contributed by atoms with Crippen molar-refractivity contribution in [2.45, 2.75) is 24.0 Å². The number of hydrogen-bond acceptors (Lipinski definition) is 6. The minimum Gasteiger partial charge on any atom is -0.463 e. The zero-order chi connectivity index (χ0) is 13.9. The zero-order valence-corrected chi connectivity index (χ0v) is 12.6. The molecule has 0 bridgehead atoms. The van der Waals surface area contributed by atoms with Crippen molar-refractivity contribution in [2.75, 3.05) is 20.2 Å². The number of rotatable bonds is 4. The quantitative estimate of drug-likeness (QED) is 0.784. The second-order valence-electron chi connectivity index (χ2n) is 4.27. The highest BCUT2D eigenvalue weighted by molar-refractivity contribution is 7.89. The van der Waals surface area contributed by atoms with E-state index in [4.69, 9.17) is 4.42 Å². The maximum absolute atomic E-state index is 12.0. The summed E-state index contributed by atoms with van der Waals surface area (Å²) in [5.74, 6) is -0.842. The van der Waals surface area contributed by atoms with E-state index in [0.717, 1.165) is 19.4 Å². The predicted octanol–water partition coefficient (Wildman–Crippen LogP) is 0.518. The molecule has 1 atom stereocenters. The molecular formula is C11H17ClN2O5S. The van der Waals surface area contributed by atoms with Crippen LogP contribution >= 0.6 is 12.4 Å². The lowest BCUT2D eigenvalue weighted by molar-refractivity contribution is 0.0559. The minimum atomic E-state index is -3.75. The molecule has 0 aliphatic carbocycles. The first-order valence-electron chi connectivity index (χ1n) is 5.94. The van der Waals surface area contributed by atoms with Gasteiger partial charge in [0.15, 0.2) is 0 Å². The Morgan fingerprint density at radius 2 is 2.25 bits per heavy atom. The fourth-order valence-electron chi connectivity index (χ4n) is 1.90. The van der Waals surface area contributed by atoms with Gasteiger partial charge in [0.2, 0.25) is 10.9 Å². The third kappa shape index (κ3) is 3.95. The summed E-state index contributed by atoms with van der Waals surface area (Å²) in [7, 11) is -2.55. The van der Waals surface area contributed by atoms with Crippen molar-refractivity contribution in [1.29, 1.82) is 0 Å². The van der Waals surface area contributed by atoms with Crippen LogP contribution in [0, 0.1) is 0 Å². The van der Waals surface area contributed by atoms with E-state index in [0.29, 0.717) is 6.54 Å². The van der Waals surface area contributed by atoms with Crippen molar-refractivity contribution >= 4 is 28.4 Å². The largest absolute Gasteiger partial charge is 0.463 e. The molecule has 7 nitrogen and oxygen atoms in total. The van der Waals surface area contributed by atoms with Crippen LogP contribution < -0.4 is 10.0 Å². The Morgan fingerprint density at radius 3 is 2.85 bits per heavy atom. The van der Waals surface area contributed by atoms with Crippen LogP contribution in [0.25, 0.3) is 0 Å². The van der Waals surface area contributed by atoms with Gasteiger partial charge < -0.3 is 14.5 Å². The zero-order valence-electron chi connectivity index (χ0n) is 10.9. The first-order chi connectivity index (χ1) is 9.03. The molecule has 1 aliphatic rings. The van der Waals surface area contributed by atoms with Crippen LogP contribution in [0.3, 0.4) is 0 Å². The van der Waals surface area contributed by atoms with Gasteiger partial charge in [0.25, 0.3) is 10.0 Å². The summed E-state index contributed by atoms with van der Waals surface area (Å²) in [5, 5.41) is 2.83. The normalized spacial score (nSPS) is 19.1. The van der Waals surface area contributed by atoms with Crippen LogP contribution in [0.1, 0.15) is 23.4 Å². The second-order valence-corrected chi connectivity index (χ2v) is 5.92. The Kier molecular flexibility index (Phi) is 6.00. The van der Waals surface area contributed by atoms with Crippen molar-refractivity contribution in [2.24, 2.45) is 0 Å². The van der Waals surface area contributed by atoms with E-state index >= 15 is 0 Å². The number of piperidine rings is 1. The van der Waals surface area contributed by atoms with Crippen molar-refractivity contribution in [1.82, 2.24) is 10.0 Å². The Hall–Kier alpha value is -1.09. The number of ether oxygens (including phenoxy) is 1. The summed E-state index contributed by atoms with van der Waals surface area (Å²) >= 11 is 0. The summed E-state index contributed by atoms with van der Waals surface area (Å²) in [6, 6.07) is 2.36. The molecule has 2 rings (SSSR count). The molecule has 114 valence electrons. The number of esters is 1. The third-order valence-corrected chi connectivity index (χ3v) is 4.24. The molecule has 1 aromatic rings. The predicted molar refractivity (Wildman–Crippen MR) is 73.5 cm³/mol. The number of hydrogen-bond donors (Lipinski definition) is 2. The van der Waals surface area contributed by atoms with Crippen LogP contribution in [-0.4, -0.2) is 40.6 Å². The van der Waals surface area contributed by atoms with Crippen molar-refractivity contribution in [3.8, 4) is 0 Å². The van der Waals surface area contributed by atoms with Crippen LogP contribution in [0.5, 0.6) is 0 Å². The van der Waals surface area contributed by atoms with E-state index in [-0.39, 0.29) is 29.3 Å². The molecule has 1 fully saturated rings. The highest BCUT2D eigenvalue weighted by Gasteiger charge is 2.25. The van der Waals surface area contributed by atoms with Gasteiger partial charge in [0.05, 0.1) is 7.11 Å². The van der Waals surface area contributed by atoms with Crippen LogP contribution in [0.15, 0.2) is 21.6 Å². The average Bonchev–Trinajstić information content (AvgIpc) is 2.89. The lowest BCUT2D eigenvalue weighted by Crippen LogP contribution is -2.45. The molecule has 9 heteroatoms. The van der Waals surface area contributed by atoms with Crippen LogP contribution in [0.2, 0.25) is 0 Å². The standard InChI is InChI=1S/C11H16N2O5S.ClH/c1-17-11(14)9-4-5-10(18-9)19(15,16)13-8-3-2-6-12-7-8;/h4-5,8,12-13H,2-3,6-7H2,1H3;1H. The summed E-state index contributed by atoms with van der Waals surface area (Å²) in [5.41, 5.74) is 0. The monoisotopic (exact) mass is 324 g/mol. The molecule has 1 unspecified atom stereocenters. The molecular weight excluding hydrogens is 308 g/mol. The topological polar surface area (TPSA) is 97.6 Å². The van der Waals surface area contributed by atoms with Crippen LogP contribution in [0.4, 0.5) is 0 Å². The van der Waals surface area contributed by atoms with Gasteiger partial charge in [-0.05, 0) is 31.5 Å². The first-order valence-corrected chi connectivity index (χ1v) is 7.42. The van der Waals surface area contributed by atoms with Gasteiger partial charge in [-0.2, -0.15) is 0 Å². The molecule has 0 radical (unpaired) electrons. The van der Waals surface area contributed by atoms with Gasteiger partial charge in [0.1, 0.15) is 0 Å². The SMILES string of the molecule is COC(=O)c1ccc(S(=O)(=O)NC2CCCNC2)o1.Cl. The number of furan rings is 1. The van der Waals surface area contributed by atoms with Gasteiger partial charge in [-0.3, -0.25) is 0 Å². The smallest absolute Gasteiger partial charge is 0.374 e. The summed E-state index contributed by atoms with van der Waals surface area (Å²) < 4.78 is 36.1. The number of sulfonamides is 1. The number of nitrogens with one attached hydrogen (secondary N) is 2. The molecule has 0 saturated carbocycles. The molecule has 2 N–H and O–H groups in total. The van der Waals surface area contributed by atoms with Gasteiger partial charge >= 0.3 is 5.97 Å². The summed E-state index contributed by atoms with van der Waals surface area (Å²) in [6.07, 6.45) is 1.69. The van der Waals surface area contributed by atoms with E-state index in [1.54, 1.807) is 0 Å². The molecule has 0 spiro atoms. The fourth-order valence-corrected chi connectivity index (χ4v) is 3.11. The van der Waals surface area contributed by atoms with Gasteiger partial charge in [-0.25, -0.2) is 17.9 Å². The Morgan fingerprint density at radius 1 is 1.50 bits per heavy atom. The molecule has 1 aliphatic heterocycles. The Labute approximate surface area is 123 Å². The Bertz CT molecular complexity index is 551. The van der Waals surface area contributed by atoms with Gasteiger partial charge in [-0.15, -0.1) is 12.4 Å². The minimum absolute atomic E-state index is 0. The second kappa shape index (κ2) is 7.07. The summed E-state index contributed by atoms with van der Waals surface area (Å²) in [4.78, 5) is 11.2. The van der Waals surface area contributed by atoms with Crippen LogP contribution in [-0.2, 0) is 14.8 Å². The van der Waals surface area contributed by atoms with E-state index in [1.807, 2.05) is 0 Å². The number of halogens is 1. The fraction of sp³-hybridized carbons (Fsp3) is 0.545. The Balaban J connectivity index is 0.00000200. The highest BCUT2D eigenvalue weighted by Crippen LogP contribution is 2.16. The van der Waals surface area contributed by atoms with E-state index < -0.39 is 16.0 Å². The lowest BCUT2D eigenvalue weighted by Gasteiger charge is -2.22. The maximum atomic E-state index is 12.0. The lowest BCUT2D eigenvalue weighted by atomic mass is 10.1. The molecule has 20 heavy (non-hydrogen) atoms. The molecule has 1 saturated heterocycles. The molecule has 2 heterocycles. The maximum Gasteiger partial charge on any atom is 0.374 e.